The van der Waals surface area contributed by atoms with Crippen LogP contribution in [0.25, 0.3) is 10.2 Å². The molecule has 5 nitrogen and oxygen atoms in total. The number of aromatic nitrogens is 2. The van der Waals surface area contributed by atoms with E-state index in [1.54, 1.807) is 0 Å². The maximum atomic E-state index is 12.3. The van der Waals surface area contributed by atoms with Gasteiger partial charge in [0.2, 0.25) is 5.91 Å². The second-order valence-electron chi connectivity index (χ2n) is 6.08. The van der Waals surface area contributed by atoms with Gasteiger partial charge in [-0.3, -0.25) is 9.59 Å². The molecular weight excluding hydrogens is 334 g/mol. The summed E-state index contributed by atoms with van der Waals surface area (Å²) in [6.07, 6.45) is 1.60. The number of hydrogen-bond acceptors (Lipinski definition) is 4. The lowest BCUT2D eigenvalue weighted by atomic mass is 10.1. The first kappa shape index (κ1) is 17.4. The monoisotopic (exact) mass is 355 g/mol. The van der Waals surface area contributed by atoms with Crippen molar-refractivity contribution < 1.29 is 4.79 Å². The highest BCUT2D eigenvalue weighted by Gasteiger charge is 2.12. The zero-order chi connectivity index (χ0) is 18.0. The average Bonchev–Trinajstić information content (AvgIpc) is 2.88. The third-order valence-electron chi connectivity index (χ3n) is 4.30. The molecule has 0 fully saturated rings. The second kappa shape index (κ2) is 7.19. The molecule has 3 rings (SSSR count). The van der Waals surface area contributed by atoms with Gasteiger partial charge in [-0.15, -0.1) is 11.3 Å². The number of hydrogen-bond donors (Lipinski definition) is 2. The van der Waals surface area contributed by atoms with Crippen LogP contribution < -0.4 is 10.9 Å². The Morgan fingerprint density at radius 1 is 1.32 bits per heavy atom. The summed E-state index contributed by atoms with van der Waals surface area (Å²) in [5.41, 5.74) is 2.83. The molecule has 2 N–H and O–H groups in total. The fourth-order valence-corrected chi connectivity index (χ4v) is 3.79. The van der Waals surface area contributed by atoms with Gasteiger partial charge in [-0.25, -0.2) is 4.98 Å². The van der Waals surface area contributed by atoms with Crippen LogP contribution in [0.2, 0.25) is 0 Å². The quantitative estimate of drug-likeness (QED) is 0.732. The molecule has 0 aliphatic rings. The number of aryl methyl sites for hydroxylation is 4. The summed E-state index contributed by atoms with van der Waals surface area (Å²) in [7, 11) is 0. The van der Waals surface area contributed by atoms with Crippen molar-refractivity contribution in [2.45, 2.75) is 40.0 Å². The van der Waals surface area contributed by atoms with E-state index in [9.17, 15) is 9.59 Å². The summed E-state index contributed by atoms with van der Waals surface area (Å²) in [6.45, 7) is 5.99. The van der Waals surface area contributed by atoms with E-state index in [0.29, 0.717) is 17.6 Å². The molecule has 0 unspecified atom stereocenters. The fourth-order valence-electron chi connectivity index (χ4n) is 2.74. The van der Waals surface area contributed by atoms with Crippen LogP contribution in [-0.4, -0.2) is 15.9 Å². The molecule has 0 aliphatic heterocycles. The van der Waals surface area contributed by atoms with Gasteiger partial charge in [-0.05, 0) is 43.5 Å². The number of anilines is 1. The van der Waals surface area contributed by atoms with Gasteiger partial charge in [0.15, 0.2) is 0 Å². The molecule has 6 heteroatoms. The zero-order valence-corrected chi connectivity index (χ0v) is 15.4. The van der Waals surface area contributed by atoms with Gasteiger partial charge in [-0.1, -0.05) is 19.1 Å². The van der Waals surface area contributed by atoms with Gasteiger partial charge in [0.25, 0.3) is 5.56 Å². The summed E-state index contributed by atoms with van der Waals surface area (Å²) in [6, 6.07) is 7.81. The number of carbonyl (C=O) groups excluding carboxylic acids is 1. The Morgan fingerprint density at radius 2 is 2.12 bits per heavy atom. The van der Waals surface area contributed by atoms with Crippen molar-refractivity contribution in [1.29, 1.82) is 0 Å². The topological polar surface area (TPSA) is 74.8 Å². The molecule has 0 saturated heterocycles. The third kappa shape index (κ3) is 3.79. The Labute approximate surface area is 150 Å². The Bertz CT molecular complexity index is 988. The minimum atomic E-state index is -0.127. The van der Waals surface area contributed by atoms with Crippen molar-refractivity contribution in [3.8, 4) is 0 Å². The molecular formula is C19H21N3O2S. The molecule has 25 heavy (non-hydrogen) atoms. The molecule has 0 bridgehead atoms. The maximum Gasteiger partial charge on any atom is 0.259 e. The normalized spacial score (nSPS) is 11.0. The lowest BCUT2D eigenvalue weighted by Gasteiger charge is -2.06. The van der Waals surface area contributed by atoms with Gasteiger partial charge in [0.1, 0.15) is 10.7 Å². The molecule has 1 amide bonds. The number of nitrogens with zero attached hydrogens (tertiary/aromatic N) is 1. The van der Waals surface area contributed by atoms with Crippen LogP contribution in [-0.2, 0) is 17.6 Å². The molecule has 0 saturated carbocycles. The van der Waals surface area contributed by atoms with Crippen molar-refractivity contribution in [3.05, 3.63) is 56.4 Å². The van der Waals surface area contributed by atoms with Crippen LogP contribution in [0.4, 0.5) is 5.69 Å². The van der Waals surface area contributed by atoms with Crippen LogP contribution >= 0.6 is 11.3 Å². The molecule has 0 spiro atoms. The first-order valence-corrected chi connectivity index (χ1v) is 9.17. The van der Waals surface area contributed by atoms with Gasteiger partial charge in [0.05, 0.1) is 5.39 Å². The molecule has 3 aromatic rings. The lowest BCUT2D eigenvalue weighted by Crippen LogP contribution is -2.16. The number of carbonyl (C=O) groups is 1. The third-order valence-corrected chi connectivity index (χ3v) is 5.40. The number of H-pyrrole nitrogens is 1. The molecule has 130 valence electrons. The predicted octanol–water partition coefficient (Wildman–Crippen LogP) is 3.74. The number of rotatable bonds is 5. The summed E-state index contributed by atoms with van der Waals surface area (Å²) in [5.74, 6) is 0.464. The van der Waals surface area contributed by atoms with E-state index in [-0.39, 0.29) is 17.9 Å². The van der Waals surface area contributed by atoms with Crippen molar-refractivity contribution in [2.24, 2.45) is 0 Å². The van der Waals surface area contributed by atoms with E-state index in [1.165, 1.54) is 16.9 Å². The summed E-state index contributed by atoms with van der Waals surface area (Å²) in [5, 5.41) is 3.56. The van der Waals surface area contributed by atoms with Gasteiger partial charge < -0.3 is 10.3 Å². The Morgan fingerprint density at radius 3 is 2.88 bits per heavy atom. The standard InChI is InChI=1S/C19H21N3O2S/c1-4-13-6-5-7-14(10-13)20-16(23)9-8-15-21-18(24)17-11(2)12(3)25-19(17)22-15/h5-7,10H,4,8-9H2,1-3H3,(H,20,23)(H,21,22,24). The average molecular weight is 355 g/mol. The Hall–Kier alpha value is -2.47. The number of benzene rings is 1. The maximum absolute atomic E-state index is 12.3. The summed E-state index contributed by atoms with van der Waals surface area (Å²) < 4.78 is 0. The van der Waals surface area contributed by atoms with Gasteiger partial charge in [-0.2, -0.15) is 0 Å². The number of fused-ring (bicyclic) bond motifs is 1. The van der Waals surface area contributed by atoms with E-state index < -0.39 is 0 Å². The van der Waals surface area contributed by atoms with E-state index in [4.69, 9.17) is 0 Å². The van der Waals surface area contributed by atoms with Crippen molar-refractivity contribution >= 4 is 33.1 Å². The second-order valence-corrected chi connectivity index (χ2v) is 7.28. The first-order chi connectivity index (χ1) is 12.0. The number of amides is 1. The van der Waals surface area contributed by atoms with Crippen LogP contribution in [0, 0.1) is 13.8 Å². The number of thiophene rings is 1. The Balaban J connectivity index is 1.69. The summed E-state index contributed by atoms with van der Waals surface area (Å²) in [4.78, 5) is 33.6. The minimum absolute atomic E-state index is 0.0884. The van der Waals surface area contributed by atoms with Crippen molar-refractivity contribution in [1.82, 2.24) is 9.97 Å². The van der Waals surface area contributed by atoms with E-state index in [1.807, 2.05) is 38.1 Å². The first-order valence-electron chi connectivity index (χ1n) is 8.35. The Kier molecular flexibility index (Phi) is 4.99. The largest absolute Gasteiger partial charge is 0.326 e. The van der Waals surface area contributed by atoms with Crippen LogP contribution in [0.3, 0.4) is 0 Å². The smallest absolute Gasteiger partial charge is 0.259 e. The van der Waals surface area contributed by atoms with Crippen molar-refractivity contribution in [2.75, 3.05) is 5.32 Å². The predicted molar refractivity (Wildman–Crippen MR) is 102 cm³/mol. The summed E-state index contributed by atoms with van der Waals surface area (Å²) >= 11 is 1.52. The SMILES string of the molecule is CCc1cccc(NC(=O)CCc2nc3sc(C)c(C)c3c(=O)[nH]2)c1. The van der Waals surface area contributed by atoms with E-state index in [0.717, 1.165) is 27.4 Å². The molecule has 2 heterocycles. The number of aromatic amines is 1. The molecule has 0 radical (unpaired) electrons. The number of nitrogens with one attached hydrogen (secondary N) is 2. The zero-order valence-electron chi connectivity index (χ0n) is 14.6. The highest BCUT2D eigenvalue weighted by atomic mass is 32.1. The van der Waals surface area contributed by atoms with Gasteiger partial charge >= 0.3 is 0 Å². The molecule has 0 aliphatic carbocycles. The molecule has 2 aromatic heterocycles. The van der Waals surface area contributed by atoms with Gasteiger partial charge in [0, 0.05) is 23.4 Å². The van der Waals surface area contributed by atoms with Crippen LogP contribution in [0.1, 0.15) is 35.2 Å². The van der Waals surface area contributed by atoms with Crippen LogP contribution in [0.5, 0.6) is 0 Å². The highest BCUT2D eigenvalue weighted by molar-refractivity contribution is 7.18. The molecule has 1 aromatic carbocycles. The van der Waals surface area contributed by atoms with Crippen molar-refractivity contribution in [3.63, 3.8) is 0 Å². The van der Waals surface area contributed by atoms with Crippen LogP contribution in [0.15, 0.2) is 29.1 Å². The highest BCUT2D eigenvalue weighted by Crippen LogP contribution is 2.25. The molecule has 0 atom stereocenters. The van der Waals surface area contributed by atoms with E-state index in [2.05, 4.69) is 22.2 Å². The lowest BCUT2D eigenvalue weighted by molar-refractivity contribution is -0.116. The fraction of sp³-hybridized carbons (Fsp3) is 0.316. The van der Waals surface area contributed by atoms with E-state index >= 15 is 0 Å². The minimum Gasteiger partial charge on any atom is -0.326 e.